The largest absolute Gasteiger partial charge is 0.494 e. The first-order valence-electron chi connectivity index (χ1n) is 14.0. The number of fused-ring (bicyclic) bond motifs is 1. The molecule has 9 heteroatoms. The van der Waals surface area contributed by atoms with Crippen molar-refractivity contribution in [1.82, 2.24) is 15.2 Å². The van der Waals surface area contributed by atoms with Crippen molar-refractivity contribution in [2.45, 2.75) is 71.9 Å². The number of likely N-dealkylation sites (tertiary alicyclic amines) is 1. The van der Waals surface area contributed by atoms with Gasteiger partial charge in [-0.3, -0.25) is 4.90 Å². The van der Waals surface area contributed by atoms with E-state index in [0.29, 0.717) is 36.9 Å². The van der Waals surface area contributed by atoms with Gasteiger partial charge in [0, 0.05) is 35.3 Å². The summed E-state index contributed by atoms with van der Waals surface area (Å²) < 4.78 is 33.3. The van der Waals surface area contributed by atoms with E-state index in [1.807, 2.05) is 18.4 Å². The topological polar surface area (TPSA) is 91.8 Å². The van der Waals surface area contributed by atoms with Crippen molar-refractivity contribution in [3.05, 3.63) is 54.1 Å². The number of piperidine rings is 2. The Kier molecular flexibility index (Phi) is 9.13. The number of hydrogen-bond acceptors (Lipinski definition) is 8. The quantitative estimate of drug-likeness (QED) is 0.279. The normalized spacial score (nSPS) is 21.3. The van der Waals surface area contributed by atoms with E-state index >= 15 is 0 Å². The molecule has 2 aromatic carbocycles. The van der Waals surface area contributed by atoms with Crippen LogP contribution in [0.4, 0.5) is 0 Å². The Balaban J connectivity index is 1.53. The summed E-state index contributed by atoms with van der Waals surface area (Å²) in [6.07, 6.45) is 6.32. The molecule has 1 aromatic heterocycles. The number of hydrogen-bond donors (Lipinski definition) is 2. The number of aliphatic hydroxyl groups excluding tert-OH is 1. The van der Waals surface area contributed by atoms with Crippen LogP contribution in [0, 0.1) is 0 Å². The molecule has 5 rings (SSSR count). The van der Waals surface area contributed by atoms with Crippen molar-refractivity contribution in [3.63, 3.8) is 0 Å². The Morgan fingerprint density at radius 1 is 1.10 bits per heavy atom. The summed E-state index contributed by atoms with van der Waals surface area (Å²) in [6.45, 7) is 6.29. The predicted molar refractivity (Wildman–Crippen MR) is 157 cm³/mol. The Hall–Kier alpha value is -2.17. The van der Waals surface area contributed by atoms with Gasteiger partial charge in [-0.25, -0.2) is 13.4 Å². The van der Waals surface area contributed by atoms with E-state index in [0.717, 1.165) is 61.2 Å². The fourth-order valence-corrected chi connectivity index (χ4v) is 7.40. The van der Waals surface area contributed by atoms with Crippen molar-refractivity contribution >= 4 is 32.5 Å². The van der Waals surface area contributed by atoms with Crippen LogP contribution >= 0.6 is 11.8 Å². The number of benzene rings is 2. The maximum Gasteiger partial charge on any atom is 0.223 e. The predicted octanol–water partition coefficient (Wildman–Crippen LogP) is 4.87. The maximum absolute atomic E-state index is 13.8. The molecular weight excluding hydrogens is 530 g/mol. The van der Waals surface area contributed by atoms with Crippen LogP contribution in [0.25, 0.3) is 10.9 Å². The van der Waals surface area contributed by atoms with Crippen molar-refractivity contribution in [3.8, 4) is 5.75 Å². The Morgan fingerprint density at radius 2 is 1.87 bits per heavy atom. The first-order chi connectivity index (χ1) is 18.9. The standard InChI is InChI=1S/C30H39N3O4S2/c1-3-4-17-37-22-5-8-24(9-6-22)39(35,36)30-19-25(26-18-23(38-2)7-10-28(26)32-30)27-20-33(16-13-29(27)34)21-11-14-31-15-12-21/h5-10,18-19,21,27,29,31,34H,3-4,11-17,20H2,1-2H3. The lowest BCUT2D eigenvalue weighted by Crippen LogP contribution is -2.50. The van der Waals surface area contributed by atoms with Gasteiger partial charge in [0.05, 0.1) is 23.1 Å². The van der Waals surface area contributed by atoms with E-state index in [4.69, 9.17) is 4.74 Å². The third kappa shape index (κ3) is 6.28. The summed E-state index contributed by atoms with van der Waals surface area (Å²) in [5.74, 6) is 0.460. The molecule has 3 heterocycles. The molecule has 210 valence electrons. The van der Waals surface area contributed by atoms with Crippen LogP contribution in [0.1, 0.15) is 50.5 Å². The summed E-state index contributed by atoms with van der Waals surface area (Å²) in [7, 11) is -3.88. The molecular formula is C30H39N3O4S2. The Bertz CT molecular complexity index is 1370. The molecule has 2 aliphatic rings. The third-order valence-corrected chi connectivity index (χ3v) is 10.4. The fourth-order valence-electron chi connectivity index (χ4n) is 5.72. The first-order valence-corrected chi connectivity index (χ1v) is 16.7. The molecule has 3 aromatic rings. The van der Waals surface area contributed by atoms with Crippen LogP contribution < -0.4 is 10.1 Å². The molecule has 0 bridgehead atoms. The van der Waals surface area contributed by atoms with Gasteiger partial charge in [0.2, 0.25) is 9.84 Å². The third-order valence-electron chi connectivity index (χ3n) is 8.03. The minimum Gasteiger partial charge on any atom is -0.494 e. The van der Waals surface area contributed by atoms with Crippen molar-refractivity contribution in [2.75, 3.05) is 39.0 Å². The van der Waals surface area contributed by atoms with Gasteiger partial charge in [-0.1, -0.05) is 13.3 Å². The number of aliphatic hydroxyl groups is 1. The Morgan fingerprint density at radius 3 is 2.59 bits per heavy atom. The summed E-state index contributed by atoms with van der Waals surface area (Å²) in [5, 5.41) is 15.6. The minimum atomic E-state index is -3.88. The lowest BCUT2D eigenvalue weighted by Gasteiger charge is -2.42. The number of pyridine rings is 1. The second-order valence-corrected chi connectivity index (χ2v) is 13.3. The van der Waals surface area contributed by atoms with Crippen LogP contribution in [-0.2, 0) is 9.84 Å². The number of sulfone groups is 1. The number of nitrogens with zero attached hydrogens (tertiary/aromatic N) is 2. The number of rotatable bonds is 9. The molecule has 2 fully saturated rings. The molecule has 2 aliphatic heterocycles. The zero-order valence-electron chi connectivity index (χ0n) is 22.8. The van der Waals surface area contributed by atoms with Crippen LogP contribution in [0.3, 0.4) is 0 Å². The summed E-state index contributed by atoms with van der Waals surface area (Å²) in [5.41, 5.74) is 1.50. The maximum atomic E-state index is 13.8. The van der Waals surface area contributed by atoms with Crippen LogP contribution in [0.2, 0.25) is 0 Å². The van der Waals surface area contributed by atoms with Crippen LogP contribution in [-0.4, -0.2) is 74.6 Å². The second kappa shape index (κ2) is 12.6. The van der Waals surface area contributed by atoms with Crippen molar-refractivity contribution < 1.29 is 18.3 Å². The van der Waals surface area contributed by atoms with E-state index in [9.17, 15) is 13.5 Å². The molecule has 7 nitrogen and oxygen atoms in total. The van der Waals surface area contributed by atoms with E-state index in [1.165, 1.54) is 0 Å². The molecule has 0 spiro atoms. The average Bonchev–Trinajstić information content (AvgIpc) is 2.97. The summed E-state index contributed by atoms with van der Waals surface area (Å²) >= 11 is 1.64. The Labute approximate surface area is 236 Å². The highest BCUT2D eigenvalue weighted by Gasteiger charge is 2.35. The van der Waals surface area contributed by atoms with Crippen LogP contribution in [0.15, 0.2) is 63.3 Å². The van der Waals surface area contributed by atoms with Gasteiger partial charge < -0.3 is 15.2 Å². The highest BCUT2D eigenvalue weighted by molar-refractivity contribution is 7.98. The van der Waals surface area contributed by atoms with Gasteiger partial charge in [0.15, 0.2) is 5.03 Å². The van der Waals surface area contributed by atoms with Gasteiger partial charge in [0.25, 0.3) is 0 Å². The van der Waals surface area contributed by atoms with E-state index < -0.39 is 15.9 Å². The fraction of sp³-hybridized carbons (Fsp3) is 0.500. The van der Waals surface area contributed by atoms with Gasteiger partial charge in [-0.15, -0.1) is 11.8 Å². The molecule has 0 amide bonds. The van der Waals surface area contributed by atoms with E-state index in [-0.39, 0.29) is 15.8 Å². The number of aromatic nitrogens is 1. The zero-order chi connectivity index (χ0) is 27.4. The first kappa shape index (κ1) is 28.4. The number of nitrogens with one attached hydrogen (secondary N) is 1. The van der Waals surface area contributed by atoms with Gasteiger partial charge >= 0.3 is 0 Å². The summed E-state index contributed by atoms with van der Waals surface area (Å²) in [6, 6.07) is 14.7. The lowest BCUT2D eigenvalue weighted by molar-refractivity contribution is 0.0335. The minimum absolute atomic E-state index is 0.0211. The van der Waals surface area contributed by atoms with Gasteiger partial charge in [-0.05, 0) is 99.1 Å². The van der Waals surface area contributed by atoms with E-state index in [2.05, 4.69) is 28.2 Å². The summed E-state index contributed by atoms with van der Waals surface area (Å²) in [4.78, 5) is 8.40. The van der Waals surface area contributed by atoms with Crippen molar-refractivity contribution in [2.24, 2.45) is 0 Å². The molecule has 2 atom stereocenters. The van der Waals surface area contributed by atoms with Crippen LogP contribution in [0.5, 0.6) is 5.75 Å². The smallest absolute Gasteiger partial charge is 0.223 e. The van der Waals surface area contributed by atoms with E-state index in [1.54, 1.807) is 42.1 Å². The number of thioether (sulfide) groups is 1. The SMILES string of the molecule is CCCCOc1ccc(S(=O)(=O)c2cc(C3CN(C4CCNCC4)CCC3O)c3cc(SC)ccc3n2)cc1. The highest BCUT2D eigenvalue weighted by Crippen LogP contribution is 2.37. The highest BCUT2D eigenvalue weighted by atomic mass is 32.2. The average molecular weight is 570 g/mol. The monoisotopic (exact) mass is 569 g/mol. The second-order valence-electron chi connectivity index (χ2n) is 10.5. The molecule has 0 radical (unpaired) electrons. The molecule has 2 saturated heterocycles. The number of ether oxygens (including phenoxy) is 1. The van der Waals surface area contributed by atoms with Gasteiger partial charge in [0.1, 0.15) is 5.75 Å². The van der Waals surface area contributed by atoms with Crippen molar-refractivity contribution in [1.29, 1.82) is 0 Å². The molecule has 39 heavy (non-hydrogen) atoms. The molecule has 0 aliphatic carbocycles. The molecule has 2 N–H and O–H groups in total. The van der Waals surface area contributed by atoms with Gasteiger partial charge in [-0.2, -0.15) is 0 Å². The zero-order valence-corrected chi connectivity index (χ0v) is 24.4. The molecule has 0 saturated carbocycles. The number of unbranched alkanes of at least 4 members (excludes halogenated alkanes) is 1. The lowest BCUT2D eigenvalue weighted by atomic mass is 9.85. The molecule has 2 unspecified atom stereocenters.